The highest BCUT2D eigenvalue weighted by atomic mass is 35.5. The maximum atomic E-state index is 13.4. The smallest absolute Gasteiger partial charge is 0.335 e. The summed E-state index contributed by atoms with van der Waals surface area (Å²) in [5, 5.41) is 3.88. The predicted octanol–water partition coefficient (Wildman–Crippen LogP) is 6.52. The number of urea groups is 1. The second-order valence-corrected chi connectivity index (χ2v) is 9.65. The van der Waals surface area contributed by atoms with Gasteiger partial charge in [-0.05, 0) is 59.9 Å². The van der Waals surface area contributed by atoms with Crippen molar-refractivity contribution in [3.8, 4) is 0 Å². The van der Waals surface area contributed by atoms with Gasteiger partial charge in [-0.25, -0.2) is 9.69 Å². The van der Waals surface area contributed by atoms with Gasteiger partial charge in [0.15, 0.2) is 0 Å². The van der Waals surface area contributed by atoms with Crippen LogP contribution >= 0.6 is 11.6 Å². The first kappa shape index (κ1) is 24.5. The number of para-hydroxylation sites is 1. The summed E-state index contributed by atoms with van der Waals surface area (Å²) in [6.07, 6.45) is 4.45. The maximum Gasteiger partial charge on any atom is 0.335 e. The summed E-state index contributed by atoms with van der Waals surface area (Å²) >= 11 is 6.03. The molecule has 4 aromatic rings. The van der Waals surface area contributed by atoms with Gasteiger partial charge in [0.05, 0.1) is 5.69 Å². The highest BCUT2D eigenvalue weighted by molar-refractivity contribution is 6.39. The lowest BCUT2D eigenvalue weighted by Gasteiger charge is -2.26. The number of carbonyl (C=O) groups excluding carboxylic acids is 3. The molecular weight excluding hydrogens is 486 g/mol. The maximum absolute atomic E-state index is 13.4. The van der Waals surface area contributed by atoms with Gasteiger partial charge in [0.1, 0.15) is 5.57 Å². The lowest BCUT2D eigenvalue weighted by atomic mass is 9.98. The normalized spacial score (nSPS) is 15.9. The van der Waals surface area contributed by atoms with Crippen molar-refractivity contribution in [1.29, 1.82) is 0 Å². The molecule has 1 aliphatic rings. The summed E-state index contributed by atoms with van der Waals surface area (Å²) in [7, 11) is 0. The van der Waals surface area contributed by atoms with Crippen LogP contribution in [0.5, 0.6) is 0 Å². The standard InChI is InChI=1S/C30H26ClN3O3/c1-3-19(2)21-10-14-24(15-11-21)34-29(36)26(28(35)32-30(34)37)16-22-18-33(27-7-5-4-6-25(22)27)17-20-8-12-23(31)13-9-20/h4-16,18-19H,3,17H2,1-2H3,(H,32,35,37)/b26-16+/t19-/m0/s1. The van der Waals surface area contributed by atoms with Gasteiger partial charge >= 0.3 is 6.03 Å². The van der Waals surface area contributed by atoms with Crippen molar-refractivity contribution in [2.75, 3.05) is 4.90 Å². The SMILES string of the molecule is CC[C@H](C)c1ccc(N2C(=O)NC(=O)/C(=C\c3cn(Cc4ccc(Cl)cc4)c4ccccc34)C2=O)cc1. The van der Waals surface area contributed by atoms with E-state index in [1.54, 1.807) is 18.2 Å². The monoisotopic (exact) mass is 511 g/mol. The molecule has 0 spiro atoms. The molecule has 3 aromatic carbocycles. The van der Waals surface area contributed by atoms with E-state index in [9.17, 15) is 14.4 Å². The van der Waals surface area contributed by atoms with Crippen LogP contribution < -0.4 is 10.2 Å². The van der Waals surface area contributed by atoms with E-state index < -0.39 is 17.8 Å². The largest absolute Gasteiger partial charge is 0.342 e. The van der Waals surface area contributed by atoms with Crippen molar-refractivity contribution >= 4 is 52.1 Å². The van der Waals surface area contributed by atoms with E-state index in [1.165, 1.54) is 0 Å². The lowest BCUT2D eigenvalue weighted by Crippen LogP contribution is -2.54. The molecule has 1 fully saturated rings. The van der Waals surface area contributed by atoms with E-state index in [4.69, 9.17) is 11.6 Å². The number of nitrogens with zero attached hydrogens (tertiary/aromatic N) is 2. The molecule has 1 saturated heterocycles. The van der Waals surface area contributed by atoms with Crippen molar-refractivity contribution in [3.05, 3.63) is 106 Å². The molecule has 1 N–H and O–H groups in total. The third kappa shape index (κ3) is 4.80. The number of barbiturate groups is 1. The molecule has 0 saturated carbocycles. The zero-order valence-electron chi connectivity index (χ0n) is 20.6. The van der Waals surface area contributed by atoms with Gasteiger partial charge in [0.25, 0.3) is 11.8 Å². The second kappa shape index (κ2) is 10.1. The summed E-state index contributed by atoms with van der Waals surface area (Å²) < 4.78 is 2.06. The average Bonchev–Trinajstić information content (AvgIpc) is 3.24. The number of rotatable bonds is 6. The van der Waals surface area contributed by atoms with Crippen LogP contribution in [0.2, 0.25) is 5.02 Å². The Morgan fingerprint density at radius 1 is 0.946 bits per heavy atom. The fraction of sp³-hybridized carbons (Fsp3) is 0.167. The Kier molecular flexibility index (Phi) is 6.68. The topological polar surface area (TPSA) is 71.4 Å². The molecule has 0 unspecified atom stereocenters. The van der Waals surface area contributed by atoms with Crippen LogP contribution in [0.25, 0.3) is 17.0 Å². The molecule has 6 nitrogen and oxygen atoms in total. The Labute approximate surface area is 220 Å². The molecule has 7 heteroatoms. The van der Waals surface area contributed by atoms with Crippen LogP contribution in [0.3, 0.4) is 0 Å². The van der Waals surface area contributed by atoms with Crippen molar-refractivity contribution in [2.45, 2.75) is 32.7 Å². The summed E-state index contributed by atoms with van der Waals surface area (Å²) in [5.41, 5.74) is 4.18. The molecular formula is C30H26ClN3O3. The highest BCUT2D eigenvalue weighted by Gasteiger charge is 2.37. The number of hydrogen-bond acceptors (Lipinski definition) is 3. The van der Waals surface area contributed by atoms with E-state index in [0.29, 0.717) is 28.7 Å². The highest BCUT2D eigenvalue weighted by Crippen LogP contribution is 2.28. The number of halogens is 1. The van der Waals surface area contributed by atoms with Crippen LogP contribution in [0.15, 0.2) is 84.6 Å². The zero-order chi connectivity index (χ0) is 26.1. The molecule has 1 atom stereocenters. The Morgan fingerprint density at radius 2 is 1.65 bits per heavy atom. The molecule has 2 heterocycles. The van der Waals surface area contributed by atoms with Gasteiger partial charge in [-0.1, -0.05) is 67.9 Å². The Hall–Kier alpha value is -4.16. The number of carbonyl (C=O) groups is 3. The average molecular weight is 512 g/mol. The van der Waals surface area contributed by atoms with Crippen LogP contribution in [0, 0.1) is 0 Å². The number of nitrogens with one attached hydrogen (secondary N) is 1. The van der Waals surface area contributed by atoms with E-state index in [0.717, 1.165) is 33.4 Å². The first-order valence-corrected chi connectivity index (χ1v) is 12.6. The summed E-state index contributed by atoms with van der Waals surface area (Å²) in [6, 6.07) is 22.0. The number of imide groups is 2. The van der Waals surface area contributed by atoms with Gasteiger partial charge < -0.3 is 4.57 Å². The lowest BCUT2D eigenvalue weighted by molar-refractivity contribution is -0.122. The Balaban J connectivity index is 1.51. The molecule has 0 aliphatic carbocycles. The van der Waals surface area contributed by atoms with Crippen LogP contribution in [0.1, 0.15) is 42.9 Å². The first-order valence-electron chi connectivity index (χ1n) is 12.2. The molecule has 0 radical (unpaired) electrons. The number of fused-ring (bicyclic) bond motifs is 1. The minimum atomic E-state index is -0.756. The van der Waals surface area contributed by atoms with E-state index >= 15 is 0 Å². The molecule has 186 valence electrons. The van der Waals surface area contributed by atoms with Crippen LogP contribution in [0.4, 0.5) is 10.5 Å². The second-order valence-electron chi connectivity index (χ2n) is 9.21. The quantitative estimate of drug-likeness (QED) is 0.236. The van der Waals surface area contributed by atoms with E-state index in [2.05, 4.69) is 23.7 Å². The summed E-state index contributed by atoms with van der Waals surface area (Å²) in [4.78, 5) is 39.9. The summed E-state index contributed by atoms with van der Waals surface area (Å²) in [5.74, 6) is -1.00. The molecule has 1 aromatic heterocycles. The number of aromatic nitrogens is 1. The van der Waals surface area contributed by atoms with Crippen molar-refractivity contribution in [2.24, 2.45) is 0 Å². The van der Waals surface area contributed by atoms with Crippen molar-refractivity contribution in [3.63, 3.8) is 0 Å². The molecule has 1 aliphatic heterocycles. The van der Waals surface area contributed by atoms with E-state index in [-0.39, 0.29) is 5.57 Å². The van der Waals surface area contributed by atoms with Crippen molar-refractivity contribution in [1.82, 2.24) is 9.88 Å². The number of benzene rings is 3. The van der Waals surface area contributed by atoms with E-state index in [1.807, 2.05) is 66.9 Å². The molecule has 5 rings (SSSR count). The minimum Gasteiger partial charge on any atom is -0.342 e. The van der Waals surface area contributed by atoms with Crippen molar-refractivity contribution < 1.29 is 14.4 Å². The molecule has 4 amide bonds. The first-order chi connectivity index (χ1) is 17.9. The van der Waals surface area contributed by atoms with Gasteiger partial charge in [0, 0.05) is 34.2 Å². The van der Waals surface area contributed by atoms with Gasteiger partial charge in [-0.3, -0.25) is 14.9 Å². The third-order valence-corrected chi connectivity index (χ3v) is 7.07. The Morgan fingerprint density at radius 3 is 2.35 bits per heavy atom. The van der Waals surface area contributed by atoms with Crippen LogP contribution in [-0.2, 0) is 16.1 Å². The van der Waals surface area contributed by atoms with Gasteiger partial charge in [-0.2, -0.15) is 0 Å². The number of anilines is 1. The summed E-state index contributed by atoms with van der Waals surface area (Å²) in [6.45, 7) is 4.82. The van der Waals surface area contributed by atoms with Gasteiger partial charge in [0.2, 0.25) is 0 Å². The molecule has 0 bridgehead atoms. The fourth-order valence-corrected chi connectivity index (χ4v) is 4.67. The van der Waals surface area contributed by atoms with Crippen LogP contribution in [-0.4, -0.2) is 22.4 Å². The third-order valence-electron chi connectivity index (χ3n) is 6.82. The fourth-order valence-electron chi connectivity index (χ4n) is 4.54. The Bertz CT molecular complexity index is 1530. The number of hydrogen-bond donors (Lipinski definition) is 1. The minimum absolute atomic E-state index is 0.0972. The van der Waals surface area contributed by atoms with Gasteiger partial charge in [-0.15, -0.1) is 0 Å². The zero-order valence-corrected chi connectivity index (χ0v) is 21.3. The molecule has 37 heavy (non-hydrogen) atoms. The number of amides is 4. The predicted molar refractivity (Wildman–Crippen MR) is 147 cm³/mol.